The number of ether oxygens (including phenoxy) is 2. The van der Waals surface area contributed by atoms with Gasteiger partial charge >= 0.3 is 0 Å². The summed E-state index contributed by atoms with van der Waals surface area (Å²) in [4.78, 5) is 0. The molecular weight excluding hydrogens is 216 g/mol. The van der Waals surface area contributed by atoms with E-state index in [1.165, 1.54) is 0 Å². The van der Waals surface area contributed by atoms with E-state index >= 15 is 0 Å². The average molecular weight is 244 g/mol. The van der Waals surface area contributed by atoms with Gasteiger partial charge in [-0.1, -0.05) is 13.8 Å². The Morgan fingerprint density at radius 2 is 2.18 bits per heavy atom. The average Bonchev–Trinajstić information content (AvgIpc) is 2.30. The summed E-state index contributed by atoms with van der Waals surface area (Å²) in [5.41, 5.74) is 6.21. The van der Waals surface area contributed by atoms with Crippen molar-refractivity contribution in [2.24, 2.45) is 11.1 Å². The monoisotopic (exact) mass is 244 g/mol. The number of hydrogen-bond donors (Lipinski definition) is 2. The van der Waals surface area contributed by atoms with Crippen molar-refractivity contribution >= 4 is 0 Å². The van der Waals surface area contributed by atoms with Crippen molar-refractivity contribution in [3.63, 3.8) is 0 Å². The van der Waals surface area contributed by atoms with E-state index in [-0.39, 0.29) is 11.5 Å². The van der Waals surface area contributed by atoms with Crippen LogP contribution in [0.1, 0.15) is 33.6 Å². The molecule has 0 aliphatic heterocycles. The maximum absolute atomic E-state index is 6.00. The van der Waals surface area contributed by atoms with Crippen LogP contribution in [0.15, 0.2) is 0 Å². The minimum atomic E-state index is 0.178. The number of methoxy groups -OCH3 is 1. The Hall–Kier alpha value is -0.160. The molecule has 1 aliphatic rings. The zero-order valence-corrected chi connectivity index (χ0v) is 11.7. The van der Waals surface area contributed by atoms with Crippen LogP contribution in [-0.4, -0.2) is 45.1 Å². The molecular formula is C13H28N2O2. The second-order valence-corrected chi connectivity index (χ2v) is 5.50. The van der Waals surface area contributed by atoms with Gasteiger partial charge < -0.3 is 20.5 Å². The van der Waals surface area contributed by atoms with Crippen molar-refractivity contribution in [3.05, 3.63) is 0 Å². The Morgan fingerprint density at radius 3 is 2.71 bits per heavy atom. The quantitative estimate of drug-likeness (QED) is 0.672. The highest BCUT2D eigenvalue weighted by Gasteiger charge is 2.48. The van der Waals surface area contributed by atoms with E-state index in [0.717, 1.165) is 32.6 Å². The standard InChI is InChI=1S/C13H28N2O2/c1-5-17-12-8-11(13(12,2)3)15-9-10(14)6-7-16-4/h10-12,15H,5-9,14H2,1-4H3. The highest BCUT2D eigenvalue weighted by Crippen LogP contribution is 2.42. The third kappa shape index (κ3) is 3.91. The van der Waals surface area contributed by atoms with Gasteiger partial charge in [0.25, 0.3) is 0 Å². The first-order valence-electron chi connectivity index (χ1n) is 6.61. The van der Waals surface area contributed by atoms with Crippen molar-refractivity contribution in [3.8, 4) is 0 Å². The molecule has 1 fully saturated rings. The summed E-state index contributed by atoms with van der Waals surface area (Å²) in [6, 6.07) is 0.699. The first-order chi connectivity index (χ1) is 8.02. The highest BCUT2D eigenvalue weighted by molar-refractivity contribution is 5.02. The van der Waals surface area contributed by atoms with Crippen LogP contribution >= 0.6 is 0 Å². The molecule has 102 valence electrons. The molecule has 0 saturated heterocycles. The molecule has 4 heteroatoms. The molecule has 0 radical (unpaired) electrons. The zero-order valence-electron chi connectivity index (χ0n) is 11.7. The van der Waals surface area contributed by atoms with Crippen molar-refractivity contribution in [1.82, 2.24) is 5.32 Å². The van der Waals surface area contributed by atoms with Gasteiger partial charge in [0.05, 0.1) is 6.10 Å². The third-order valence-electron chi connectivity index (χ3n) is 3.86. The van der Waals surface area contributed by atoms with Crippen molar-refractivity contribution in [1.29, 1.82) is 0 Å². The Labute approximate surface area is 105 Å². The summed E-state index contributed by atoms with van der Waals surface area (Å²) in [6.45, 7) is 8.96. The lowest BCUT2D eigenvalue weighted by molar-refractivity contribution is -0.114. The van der Waals surface area contributed by atoms with E-state index in [9.17, 15) is 0 Å². The molecule has 1 rings (SSSR count). The van der Waals surface area contributed by atoms with Crippen LogP contribution in [0, 0.1) is 5.41 Å². The Morgan fingerprint density at radius 1 is 1.47 bits per heavy atom. The molecule has 0 spiro atoms. The number of nitrogens with two attached hydrogens (primary N) is 1. The van der Waals surface area contributed by atoms with Gasteiger partial charge in [-0.25, -0.2) is 0 Å². The van der Waals surface area contributed by atoms with Gasteiger partial charge in [-0.3, -0.25) is 0 Å². The Kier molecular flexibility index (Phi) is 5.86. The van der Waals surface area contributed by atoms with Gasteiger partial charge in [0.15, 0.2) is 0 Å². The second-order valence-electron chi connectivity index (χ2n) is 5.50. The molecule has 4 nitrogen and oxygen atoms in total. The molecule has 0 bridgehead atoms. The molecule has 1 aliphatic carbocycles. The lowest BCUT2D eigenvalue weighted by Gasteiger charge is -2.52. The fourth-order valence-corrected chi connectivity index (χ4v) is 2.38. The zero-order chi connectivity index (χ0) is 12.9. The largest absolute Gasteiger partial charge is 0.385 e. The fourth-order valence-electron chi connectivity index (χ4n) is 2.38. The van der Waals surface area contributed by atoms with Gasteiger partial charge in [0.2, 0.25) is 0 Å². The lowest BCUT2D eigenvalue weighted by Crippen LogP contribution is -2.62. The maximum atomic E-state index is 6.00. The summed E-state index contributed by atoms with van der Waals surface area (Å²) in [6.07, 6.45) is 2.39. The topological polar surface area (TPSA) is 56.5 Å². The number of rotatable bonds is 8. The second kappa shape index (κ2) is 6.69. The van der Waals surface area contributed by atoms with Crippen LogP contribution in [0.5, 0.6) is 0 Å². The SMILES string of the molecule is CCOC1CC(NCC(N)CCOC)C1(C)C. The third-order valence-corrected chi connectivity index (χ3v) is 3.86. The summed E-state index contributed by atoms with van der Waals surface area (Å²) in [5.74, 6) is 0. The predicted octanol–water partition coefficient (Wildman–Crippen LogP) is 1.14. The van der Waals surface area contributed by atoms with Crippen molar-refractivity contribution in [2.75, 3.05) is 26.9 Å². The van der Waals surface area contributed by atoms with Crippen molar-refractivity contribution < 1.29 is 9.47 Å². The predicted molar refractivity (Wildman–Crippen MR) is 70.1 cm³/mol. The van der Waals surface area contributed by atoms with E-state index in [1.54, 1.807) is 7.11 Å². The molecule has 0 aromatic carbocycles. The minimum absolute atomic E-state index is 0.178. The van der Waals surface area contributed by atoms with Crippen molar-refractivity contribution in [2.45, 2.75) is 51.8 Å². The summed E-state index contributed by atoms with van der Waals surface area (Å²) in [5, 5.41) is 3.55. The summed E-state index contributed by atoms with van der Waals surface area (Å²) >= 11 is 0. The van der Waals surface area contributed by atoms with Crippen LogP contribution in [0.3, 0.4) is 0 Å². The van der Waals surface area contributed by atoms with Crippen LogP contribution in [0.25, 0.3) is 0 Å². The fraction of sp³-hybridized carbons (Fsp3) is 1.00. The van der Waals surface area contributed by atoms with E-state index in [0.29, 0.717) is 12.1 Å². The van der Waals surface area contributed by atoms with Crippen LogP contribution in [0.4, 0.5) is 0 Å². The molecule has 3 atom stereocenters. The Balaban J connectivity index is 2.21. The molecule has 1 saturated carbocycles. The van der Waals surface area contributed by atoms with Crippen LogP contribution in [0.2, 0.25) is 0 Å². The van der Waals surface area contributed by atoms with Gasteiger partial charge in [0.1, 0.15) is 0 Å². The maximum Gasteiger partial charge on any atom is 0.0655 e. The highest BCUT2D eigenvalue weighted by atomic mass is 16.5. The first kappa shape index (κ1) is 14.9. The van der Waals surface area contributed by atoms with E-state index in [2.05, 4.69) is 26.1 Å². The summed E-state index contributed by atoms with van der Waals surface area (Å²) < 4.78 is 10.7. The minimum Gasteiger partial charge on any atom is -0.385 e. The first-order valence-corrected chi connectivity index (χ1v) is 6.61. The van der Waals surface area contributed by atoms with Gasteiger partial charge in [0, 0.05) is 44.4 Å². The van der Waals surface area contributed by atoms with Gasteiger partial charge in [-0.2, -0.15) is 0 Å². The molecule has 17 heavy (non-hydrogen) atoms. The summed E-state index contributed by atoms with van der Waals surface area (Å²) in [7, 11) is 1.71. The van der Waals surface area contributed by atoms with Crippen LogP contribution < -0.4 is 11.1 Å². The van der Waals surface area contributed by atoms with Crippen LogP contribution in [-0.2, 0) is 9.47 Å². The smallest absolute Gasteiger partial charge is 0.0655 e. The molecule has 0 heterocycles. The lowest BCUT2D eigenvalue weighted by atomic mass is 9.64. The van der Waals surface area contributed by atoms with Gasteiger partial charge in [-0.15, -0.1) is 0 Å². The molecule has 0 aromatic rings. The van der Waals surface area contributed by atoms with Gasteiger partial charge in [-0.05, 0) is 19.8 Å². The molecule has 3 N–H and O–H groups in total. The number of nitrogens with one attached hydrogen (secondary N) is 1. The Bertz CT molecular complexity index is 221. The molecule has 3 unspecified atom stereocenters. The van der Waals surface area contributed by atoms with E-state index in [4.69, 9.17) is 15.2 Å². The molecule has 0 aromatic heterocycles. The number of hydrogen-bond acceptors (Lipinski definition) is 4. The van der Waals surface area contributed by atoms with E-state index in [1.807, 2.05) is 0 Å². The van der Waals surface area contributed by atoms with E-state index < -0.39 is 0 Å². The molecule has 0 amide bonds. The normalized spacial score (nSPS) is 28.8.